The number of aryl methyl sites for hydroxylation is 1. The molecule has 5 aromatic carbocycles. The van der Waals surface area contributed by atoms with E-state index in [0.717, 1.165) is 53.9 Å². The van der Waals surface area contributed by atoms with Gasteiger partial charge in [-0.3, -0.25) is 19.7 Å². The molecular formula is C53H59N5O7. The van der Waals surface area contributed by atoms with E-state index in [1.54, 1.807) is 24.1 Å². The van der Waals surface area contributed by atoms with Gasteiger partial charge >= 0.3 is 6.09 Å². The molecule has 2 heterocycles. The average molecular weight is 878 g/mol. The van der Waals surface area contributed by atoms with Crippen LogP contribution >= 0.6 is 0 Å². The van der Waals surface area contributed by atoms with Gasteiger partial charge in [-0.1, -0.05) is 97.9 Å². The summed E-state index contributed by atoms with van der Waals surface area (Å²) in [6.45, 7) is 4.65. The Kier molecular flexibility index (Phi) is 15.8. The molecule has 0 bridgehead atoms. The number of aromatic nitrogens is 1. The highest BCUT2D eigenvalue weighted by Crippen LogP contribution is 2.32. The van der Waals surface area contributed by atoms with Crippen LogP contribution in [0.5, 0.6) is 5.75 Å². The largest absolute Gasteiger partial charge is 0.506 e. The number of benzene rings is 5. The van der Waals surface area contributed by atoms with Gasteiger partial charge in [-0.2, -0.15) is 0 Å². The third-order valence-corrected chi connectivity index (χ3v) is 12.3. The maximum Gasteiger partial charge on any atom is 0.411 e. The summed E-state index contributed by atoms with van der Waals surface area (Å²) in [7, 11) is 1.78. The quantitative estimate of drug-likeness (QED) is 0.0572. The van der Waals surface area contributed by atoms with Crippen LogP contribution < -0.4 is 21.1 Å². The molecule has 6 aromatic rings. The zero-order valence-corrected chi connectivity index (χ0v) is 37.2. The zero-order valence-electron chi connectivity index (χ0n) is 37.2. The van der Waals surface area contributed by atoms with Crippen molar-refractivity contribution < 1.29 is 29.3 Å². The highest BCUT2D eigenvalue weighted by atomic mass is 16.6. The Morgan fingerprint density at radius 3 is 2.35 bits per heavy atom. The number of hydrogen-bond acceptors (Lipinski definition) is 8. The summed E-state index contributed by atoms with van der Waals surface area (Å²) >= 11 is 0. The van der Waals surface area contributed by atoms with E-state index in [9.17, 15) is 29.4 Å². The summed E-state index contributed by atoms with van der Waals surface area (Å²) in [5.74, 6) is 0.242. The number of ether oxygens (including phenoxy) is 1. The van der Waals surface area contributed by atoms with Crippen molar-refractivity contribution in [2.45, 2.75) is 77.0 Å². The van der Waals surface area contributed by atoms with Crippen LogP contribution in [0.2, 0.25) is 0 Å². The van der Waals surface area contributed by atoms with Crippen LogP contribution in [0.3, 0.4) is 0 Å². The minimum Gasteiger partial charge on any atom is -0.506 e. The number of aromatic hydroxyl groups is 1. The van der Waals surface area contributed by atoms with E-state index in [-0.39, 0.29) is 29.2 Å². The molecule has 3 amide bonds. The Balaban J connectivity index is 0.775. The van der Waals surface area contributed by atoms with Gasteiger partial charge in [0.15, 0.2) is 0 Å². The lowest BCUT2D eigenvalue weighted by Gasteiger charge is -2.31. The van der Waals surface area contributed by atoms with Crippen molar-refractivity contribution in [2.24, 2.45) is 5.92 Å². The first-order valence-electron chi connectivity index (χ1n) is 22.6. The standard InChI is InChI=1S/C53H59N5O7/c1-36(15-23-47(59)44-21-24-48(60)52-45(44)22-26-50(62)56-52)33-39-10-8-9-37(34-39)18-25-49(61)54-35-38-16-19-41(20-17-38)57(2)51(63)29-32-58-30-27-42(28-31-58)65-53(64)55-46-14-7-6-13-43(46)40-11-4-3-5-12-40/h3-14,16-17,19-22,24,26,34,36,42,47,59-60H,15,18,23,25,27-33,35H2,1-2H3,(H,54,61)(H,55,64)(H,56,62)/t36-,47+/m1/s1. The number of amides is 3. The zero-order chi connectivity index (χ0) is 45.7. The Labute approximate surface area is 380 Å². The summed E-state index contributed by atoms with van der Waals surface area (Å²) in [5, 5.41) is 27.8. The van der Waals surface area contributed by atoms with Gasteiger partial charge in [-0.25, -0.2) is 4.79 Å². The summed E-state index contributed by atoms with van der Waals surface area (Å²) in [6, 6.07) is 39.8. The number of fused-ring (bicyclic) bond motifs is 1. The number of para-hydroxylation sites is 1. The molecule has 338 valence electrons. The van der Waals surface area contributed by atoms with Crippen LogP contribution in [0.4, 0.5) is 16.2 Å². The maximum atomic E-state index is 13.2. The highest BCUT2D eigenvalue weighted by molar-refractivity contribution is 5.93. The first-order chi connectivity index (χ1) is 31.5. The number of piperidine rings is 1. The van der Waals surface area contributed by atoms with Crippen LogP contribution in [0, 0.1) is 5.92 Å². The van der Waals surface area contributed by atoms with E-state index < -0.39 is 12.2 Å². The number of aliphatic hydroxyl groups is 1. The number of H-pyrrole nitrogens is 1. The third kappa shape index (κ3) is 12.9. The number of phenolic OH excluding ortho intramolecular Hbond substituents is 1. The van der Waals surface area contributed by atoms with Gasteiger partial charge in [0.1, 0.15) is 11.9 Å². The van der Waals surface area contributed by atoms with Crippen molar-refractivity contribution in [3.63, 3.8) is 0 Å². The second kappa shape index (κ2) is 22.2. The lowest BCUT2D eigenvalue weighted by atomic mass is 9.91. The van der Waals surface area contributed by atoms with Crippen molar-refractivity contribution in [3.8, 4) is 16.9 Å². The minimum absolute atomic E-state index is 0.0121. The number of hydrogen-bond donors (Lipinski definition) is 5. The molecule has 5 N–H and O–H groups in total. The van der Waals surface area contributed by atoms with Gasteiger partial charge in [0.25, 0.3) is 0 Å². The molecule has 1 aliphatic rings. The molecule has 12 nitrogen and oxygen atoms in total. The molecule has 2 atom stereocenters. The Morgan fingerprint density at radius 2 is 1.57 bits per heavy atom. The molecule has 1 aromatic heterocycles. The van der Waals surface area contributed by atoms with E-state index in [1.165, 1.54) is 17.7 Å². The molecule has 7 rings (SSSR count). The average Bonchev–Trinajstić information content (AvgIpc) is 3.32. The fourth-order valence-corrected chi connectivity index (χ4v) is 8.52. The fraction of sp³-hybridized carbons (Fsp3) is 0.321. The number of aromatic amines is 1. The molecule has 0 radical (unpaired) electrons. The van der Waals surface area contributed by atoms with Gasteiger partial charge < -0.3 is 35.1 Å². The van der Waals surface area contributed by atoms with Gasteiger partial charge in [0.2, 0.25) is 17.4 Å². The van der Waals surface area contributed by atoms with E-state index in [0.29, 0.717) is 79.7 Å². The number of likely N-dealkylation sites (tertiary alicyclic amines) is 1. The highest BCUT2D eigenvalue weighted by Gasteiger charge is 2.24. The second-order valence-corrected chi connectivity index (χ2v) is 17.1. The van der Waals surface area contributed by atoms with Crippen molar-refractivity contribution in [3.05, 3.63) is 160 Å². The Morgan fingerprint density at radius 1 is 0.831 bits per heavy atom. The van der Waals surface area contributed by atoms with Crippen molar-refractivity contribution >= 4 is 40.2 Å². The van der Waals surface area contributed by atoms with Gasteiger partial charge in [-0.15, -0.1) is 0 Å². The van der Waals surface area contributed by atoms with Crippen LogP contribution in [0.1, 0.15) is 73.8 Å². The number of rotatable bonds is 18. The Bertz CT molecular complexity index is 2610. The molecule has 0 unspecified atom stereocenters. The van der Waals surface area contributed by atoms with Gasteiger partial charge in [0.05, 0.1) is 17.3 Å². The predicted molar refractivity (Wildman–Crippen MR) is 256 cm³/mol. The SMILES string of the molecule is C[C@H](CC[C@H](O)c1ccc(O)c2[nH]c(=O)ccc12)Cc1cccc(CCC(=O)NCc2ccc(N(C)C(=O)CCN3CCC(OC(=O)Nc4ccccc4-c4ccccc4)CC3)cc2)c1. The van der Waals surface area contributed by atoms with E-state index >= 15 is 0 Å². The molecule has 0 saturated carbocycles. The molecule has 65 heavy (non-hydrogen) atoms. The lowest BCUT2D eigenvalue weighted by Crippen LogP contribution is -2.40. The molecule has 12 heteroatoms. The van der Waals surface area contributed by atoms with Crippen LogP contribution in [0.15, 0.2) is 132 Å². The first kappa shape index (κ1) is 46.2. The second-order valence-electron chi connectivity index (χ2n) is 17.1. The molecule has 1 saturated heterocycles. The van der Waals surface area contributed by atoms with E-state index in [4.69, 9.17) is 4.74 Å². The van der Waals surface area contributed by atoms with E-state index in [1.807, 2.05) is 91.0 Å². The number of carbonyl (C=O) groups excluding carboxylic acids is 3. The summed E-state index contributed by atoms with van der Waals surface area (Å²) in [6.07, 6.45) is 3.50. The number of carbonyl (C=O) groups is 3. The molecule has 0 spiro atoms. The summed E-state index contributed by atoms with van der Waals surface area (Å²) in [4.78, 5) is 57.2. The fourth-order valence-electron chi connectivity index (χ4n) is 8.52. The molecule has 1 aliphatic heterocycles. The number of phenols is 1. The van der Waals surface area contributed by atoms with Crippen LogP contribution in [-0.2, 0) is 33.7 Å². The lowest BCUT2D eigenvalue weighted by molar-refractivity contribution is -0.121. The molecular weight excluding hydrogens is 819 g/mol. The van der Waals surface area contributed by atoms with Crippen LogP contribution in [-0.4, -0.2) is 70.8 Å². The van der Waals surface area contributed by atoms with Crippen molar-refractivity contribution in [1.29, 1.82) is 0 Å². The number of pyridine rings is 1. The Hall–Kier alpha value is -6.76. The number of nitrogens with one attached hydrogen (secondary N) is 3. The first-order valence-corrected chi connectivity index (χ1v) is 22.6. The van der Waals surface area contributed by atoms with E-state index in [2.05, 4.69) is 39.6 Å². The summed E-state index contributed by atoms with van der Waals surface area (Å²) < 4.78 is 5.78. The van der Waals surface area contributed by atoms with Crippen molar-refractivity contribution in [2.75, 3.05) is 36.9 Å². The number of anilines is 2. The maximum absolute atomic E-state index is 13.2. The van der Waals surface area contributed by atoms with Gasteiger partial charge in [-0.05, 0) is 103 Å². The number of nitrogens with zero attached hydrogens (tertiary/aromatic N) is 2. The summed E-state index contributed by atoms with van der Waals surface area (Å²) in [5.41, 5.74) is 7.34. The van der Waals surface area contributed by atoms with Crippen molar-refractivity contribution in [1.82, 2.24) is 15.2 Å². The monoisotopic (exact) mass is 877 g/mol. The van der Waals surface area contributed by atoms with Crippen LogP contribution in [0.25, 0.3) is 22.0 Å². The topological polar surface area (TPSA) is 164 Å². The minimum atomic E-state index is -0.738. The molecule has 0 aliphatic carbocycles. The van der Waals surface area contributed by atoms with Gasteiger partial charge in [0, 0.05) is 68.8 Å². The predicted octanol–water partition coefficient (Wildman–Crippen LogP) is 8.91. The normalized spacial score (nSPS) is 14.1. The third-order valence-electron chi connectivity index (χ3n) is 12.3. The molecule has 1 fully saturated rings. The number of aliphatic hydroxyl groups excluding tert-OH is 1. The smallest absolute Gasteiger partial charge is 0.411 e.